The molecule has 2 saturated heterocycles. The number of benzene rings is 1. The monoisotopic (exact) mass is 234 g/mol. The molecule has 2 bridgehead atoms. The molecular formula is C14H18OS. The second kappa shape index (κ2) is 3.78. The Bertz CT molecular complexity index is 372. The molecule has 0 radical (unpaired) electrons. The van der Waals surface area contributed by atoms with Crippen molar-refractivity contribution < 1.29 is 5.11 Å². The number of fused-ring (bicyclic) bond motifs is 2. The van der Waals surface area contributed by atoms with Crippen LogP contribution in [0.3, 0.4) is 0 Å². The molecule has 1 N–H and O–H groups in total. The SMILES string of the molecule is Cc1ccc(C2(O)CC3CCC(C2)S3)cc1. The van der Waals surface area contributed by atoms with Crippen LogP contribution in [0.5, 0.6) is 0 Å². The topological polar surface area (TPSA) is 20.2 Å². The van der Waals surface area contributed by atoms with Crippen LogP contribution in [0, 0.1) is 6.92 Å². The minimum absolute atomic E-state index is 0.551. The van der Waals surface area contributed by atoms with Gasteiger partial charge in [0, 0.05) is 10.5 Å². The molecule has 0 aromatic heterocycles. The molecule has 3 rings (SSSR count). The summed E-state index contributed by atoms with van der Waals surface area (Å²) >= 11 is 2.09. The molecule has 0 amide bonds. The van der Waals surface area contributed by atoms with E-state index in [1.807, 2.05) is 0 Å². The Balaban J connectivity index is 1.90. The fourth-order valence-electron chi connectivity index (χ4n) is 3.02. The van der Waals surface area contributed by atoms with E-state index < -0.39 is 5.60 Å². The number of rotatable bonds is 1. The minimum atomic E-state index is -0.551. The first-order chi connectivity index (χ1) is 7.66. The predicted molar refractivity (Wildman–Crippen MR) is 68.7 cm³/mol. The molecule has 2 heterocycles. The molecule has 2 unspecified atom stereocenters. The van der Waals surface area contributed by atoms with Gasteiger partial charge in [0.05, 0.1) is 5.60 Å². The number of hydrogen-bond acceptors (Lipinski definition) is 2. The largest absolute Gasteiger partial charge is 0.385 e. The lowest BCUT2D eigenvalue weighted by Gasteiger charge is -2.36. The molecule has 2 heteroatoms. The van der Waals surface area contributed by atoms with Crippen molar-refractivity contribution in [3.63, 3.8) is 0 Å². The molecule has 0 saturated carbocycles. The van der Waals surface area contributed by atoms with Crippen LogP contribution in [0.15, 0.2) is 24.3 Å². The van der Waals surface area contributed by atoms with Gasteiger partial charge >= 0.3 is 0 Å². The van der Waals surface area contributed by atoms with Crippen LogP contribution in [0.1, 0.15) is 36.8 Å². The Morgan fingerprint density at radius 3 is 2.25 bits per heavy atom. The van der Waals surface area contributed by atoms with Gasteiger partial charge in [-0.1, -0.05) is 29.8 Å². The summed E-state index contributed by atoms with van der Waals surface area (Å²) in [6.45, 7) is 2.09. The van der Waals surface area contributed by atoms with E-state index in [0.29, 0.717) is 10.5 Å². The van der Waals surface area contributed by atoms with Crippen LogP contribution in [0.25, 0.3) is 0 Å². The molecule has 16 heavy (non-hydrogen) atoms. The molecule has 1 nitrogen and oxygen atoms in total. The highest BCUT2D eigenvalue weighted by atomic mass is 32.2. The fraction of sp³-hybridized carbons (Fsp3) is 0.571. The molecular weight excluding hydrogens is 216 g/mol. The van der Waals surface area contributed by atoms with Gasteiger partial charge in [0.25, 0.3) is 0 Å². The molecule has 2 aliphatic heterocycles. The van der Waals surface area contributed by atoms with Crippen LogP contribution in [0.2, 0.25) is 0 Å². The highest BCUT2D eigenvalue weighted by Gasteiger charge is 2.44. The zero-order valence-electron chi connectivity index (χ0n) is 9.65. The lowest BCUT2D eigenvalue weighted by atomic mass is 9.85. The van der Waals surface area contributed by atoms with Crippen LogP contribution >= 0.6 is 11.8 Å². The van der Waals surface area contributed by atoms with Crippen molar-refractivity contribution in [1.29, 1.82) is 0 Å². The number of aliphatic hydroxyl groups is 1. The highest BCUT2D eigenvalue weighted by molar-refractivity contribution is 8.00. The van der Waals surface area contributed by atoms with Gasteiger partial charge in [-0.05, 0) is 38.2 Å². The second-order valence-corrected chi connectivity index (χ2v) is 6.87. The molecule has 2 aliphatic rings. The van der Waals surface area contributed by atoms with E-state index in [-0.39, 0.29) is 0 Å². The first-order valence-corrected chi connectivity index (χ1v) is 7.05. The Morgan fingerprint density at radius 1 is 1.12 bits per heavy atom. The molecule has 1 aromatic rings. The third-order valence-corrected chi connectivity index (χ3v) is 5.49. The second-order valence-electron chi connectivity index (χ2n) is 5.26. The number of thioether (sulfide) groups is 1. The quantitative estimate of drug-likeness (QED) is 0.805. The Hall–Kier alpha value is -0.470. The van der Waals surface area contributed by atoms with Gasteiger partial charge in [-0.2, -0.15) is 11.8 Å². The zero-order valence-corrected chi connectivity index (χ0v) is 10.5. The molecule has 0 spiro atoms. The summed E-state index contributed by atoms with van der Waals surface area (Å²) in [5.41, 5.74) is 1.83. The summed E-state index contributed by atoms with van der Waals surface area (Å²) in [4.78, 5) is 0. The fourth-order valence-corrected chi connectivity index (χ4v) is 4.85. The van der Waals surface area contributed by atoms with Crippen molar-refractivity contribution in [3.8, 4) is 0 Å². The molecule has 0 aliphatic carbocycles. The average Bonchev–Trinajstić information content (AvgIpc) is 2.59. The lowest BCUT2D eigenvalue weighted by Crippen LogP contribution is -2.34. The summed E-state index contributed by atoms with van der Waals surface area (Å²) in [7, 11) is 0. The van der Waals surface area contributed by atoms with E-state index in [1.54, 1.807) is 0 Å². The maximum atomic E-state index is 10.8. The Kier molecular flexibility index (Phi) is 2.52. The van der Waals surface area contributed by atoms with Gasteiger partial charge in [0.15, 0.2) is 0 Å². The van der Waals surface area contributed by atoms with Crippen molar-refractivity contribution in [2.45, 2.75) is 48.7 Å². The van der Waals surface area contributed by atoms with Gasteiger partial charge in [-0.25, -0.2) is 0 Å². The summed E-state index contributed by atoms with van der Waals surface area (Å²) in [5, 5.41) is 12.2. The maximum Gasteiger partial charge on any atom is 0.0917 e. The smallest absolute Gasteiger partial charge is 0.0917 e. The van der Waals surface area contributed by atoms with Gasteiger partial charge in [0.1, 0.15) is 0 Å². The Morgan fingerprint density at radius 2 is 1.69 bits per heavy atom. The van der Waals surface area contributed by atoms with Crippen molar-refractivity contribution in [1.82, 2.24) is 0 Å². The average molecular weight is 234 g/mol. The summed E-state index contributed by atoms with van der Waals surface area (Å²) in [5.74, 6) is 0. The van der Waals surface area contributed by atoms with Gasteiger partial charge in [0.2, 0.25) is 0 Å². The van der Waals surface area contributed by atoms with E-state index in [4.69, 9.17) is 0 Å². The minimum Gasteiger partial charge on any atom is -0.385 e. The van der Waals surface area contributed by atoms with Gasteiger partial charge < -0.3 is 5.11 Å². The summed E-state index contributed by atoms with van der Waals surface area (Å²) in [6, 6.07) is 8.42. The third-order valence-electron chi connectivity index (χ3n) is 3.92. The zero-order chi connectivity index (χ0) is 11.2. The highest BCUT2D eigenvalue weighted by Crippen LogP contribution is 2.51. The first-order valence-electron chi connectivity index (χ1n) is 6.11. The summed E-state index contributed by atoms with van der Waals surface area (Å²) in [6.07, 6.45) is 4.47. The van der Waals surface area contributed by atoms with Crippen molar-refractivity contribution in [3.05, 3.63) is 35.4 Å². The van der Waals surface area contributed by atoms with Crippen LogP contribution in [-0.2, 0) is 5.60 Å². The van der Waals surface area contributed by atoms with Crippen LogP contribution in [0.4, 0.5) is 0 Å². The van der Waals surface area contributed by atoms with Crippen molar-refractivity contribution >= 4 is 11.8 Å². The standard InChI is InChI=1S/C14H18OS/c1-10-2-4-11(5-3-10)14(15)8-12-6-7-13(9-14)16-12/h2-5,12-13,15H,6-9H2,1H3. The number of aryl methyl sites for hydroxylation is 1. The van der Waals surface area contributed by atoms with Crippen molar-refractivity contribution in [2.75, 3.05) is 0 Å². The maximum absolute atomic E-state index is 10.8. The molecule has 2 fully saturated rings. The first kappa shape index (κ1) is 10.7. The van der Waals surface area contributed by atoms with E-state index in [2.05, 4.69) is 43.0 Å². The van der Waals surface area contributed by atoms with Gasteiger partial charge in [-0.3, -0.25) is 0 Å². The summed E-state index contributed by atoms with van der Waals surface area (Å²) < 4.78 is 0. The number of hydrogen-bond donors (Lipinski definition) is 1. The van der Waals surface area contributed by atoms with Crippen LogP contribution < -0.4 is 0 Å². The predicted octanol–water partition coefficient (Wildman–Crippen LogP) is 3.24. The normalized spacial score (nSPS) is 37.6. The molecule has 1 aromatic carbocycles. The van der Waals surface area contributed by atoms with E-state index in [0.717, 1.165) is 18.4 Å². The van der Waals surface area contributed by atoms with E-state index in [1.165, 1.54) is 18.4 Å². The van der Waals surface area contributed by atoms with Crippen LogP contribution in [-0.4, -0.2) is 15.6 Å². The van der Waals surface area contributed by atoms with E-state index >= 15 is 0 Å². The third kappa shape index (κ3) is 1.78. The van der Waals surface area contributed by atoms with Gasteiger partial charge in [-0.15, -0.1) is 0 Å². The lowest BCUT2D eigenvalue weighted by molar-refractivity contribution is 0.0196. The Labute approximate surface area is 101 Å². The van der Waals surface area contributed by atoms with E-state index in [9.17, 15) is 5.11 Å². The molecule has 2 atom stereocenters. The molecule has 86 valence electrons. The van der Waals surface area contributed by atoms with Crippen molar-refractivity contribution in [2.24, 2.45) is 0 Å².